The summed E-state index contributed by atoms with van der Waals surface area (Å²) in [5, 5.41) is 1.61. The van der Waals surface area contributed by atoms with E-state index in [1.165, 1.54) is 0 Å². The lowest BCUT2D eigenvalue weighted by Gasteiger charge is -2.24. The molecule has 0 bridgehead atoms. The van der Waals surface area contributed by atoms with Crippen LogP contribution < -0.4 is 0 Å². The summed E-state index contributed by atoms with van der Waals surface area (Å²) in [5.41, 5.74) is 0. The average Bonchev–Trinajstić information content (AvgIpc) is 2.21. The zero-order chi connectivity index (χ0) is 11.0. The predicted molar refractivity (Wildman–Crippen MR) is 70.1 cm³/mol. The van der Waals surface area contributed by atoms with E-state index < -0.39 is 8.80 Å². The molecule has 0 N–H and O–H groups in total. The van der Waals surface area contributed by atoms with Crippen molar-refractivity contribution in [2.75, 3.05) is 31.8 Å². The first-order valence-electron chi connectivity index (χ1n) is 4.13. The van der Waals surface area contributed by atoms with Crippen molar-refractivity contribution in [3.05, 3.63) is 0 Å². The Morgan fingerprint density at radius 2 is 1.64 bits per heavy atom. The summed E-state index contributed by atoms with van der Waals surface area (Å²) in [6, 6.07) is 0. The lowest BCUT2D eigenvalue weighted by atomic mass is 11.0. The molecule has 0 radical (unpaired) electrons. The van der Waals surface area contributed by atoms with Gasteiger partial charge in [-0.1, -0.05) is 0 Å². The molecule has 1 unspecified atom stereocenters. The van der Waals surface area contributed by atoms with E-state index in [2.05, 4.69) is 19.6 Å². The Labute approximate surface area is 101 Å². The first-order valence-corrected chi connectivity index (χ1v) is 8.79. The predicted octanol–water partition coefficient (Wildman–Crippen LogP) is 2.10. The maximum Gasteiger partial charge on any atom is 0.510 e. The molecule has 0 saturated heterocycles. The minimum absolute atomic E-state index is 0.486. The molecule has 0 aromatic heterocycles. The van der Waals surface area contributed by atoms with Crippen LogP contribution in [0.1, 0.15) is 6.92 Å². The van der Waals surface area contributed by atoms with E-state index in [1.54, 1.807) is 44.9 Å². The number of thiol groups is 1. The van der Waals surface area contributed by atoms with Gasteiger partial charge in [0, 0.05) is 31.0 Å². The van der Waals surface area contributed by atoms with Gasteiger partial charge in [0.1, 0.15) is 0 Å². The van der Waals surface area contributed by atoms with E-state index in [0.29, 0.717) is 4.58 Å². The molecule has 0 spiro atoms. The van der Waals surface area contributed by atoms with Crippen molar-refractivity contribution in [3.63, 3.8) is 0 Å². The molecule has 86 valence electrons. The Bertz CT molecular complexity index is 138. The Morgan fingerprint density at radius 3 is 2.00 bits per heavy atom. The summed E-state index contributed by atoms with van der Waals surface area (Å²) in [5.74, 6) is 0. The summed E-state index contributed by atoms with van der Waals surface area (Å²) in [6.45, 7) is 2.14. The number of hydrogen-bond donors (Lipinski definition) is 1. The molecule has 7 heteroatoms. The highest BCUT2D eigenvalue weighted by molar-refractivity contribution is 8.21. The Morgan fingerprint density at radius 1 is 1.14 bits per heavy atom. The van der Waals surface area contributed by atoms with Crippen molar-refractivity contribution in [2.45, 2.75) is 11.5 Å². The molecule has 0 aromatic rings. The van der Waals surface area contributed by atoms with Crippen LogP contribution in [0.15, 0.2) is 0 Å². The van der Waals surface area contributed by atoms with Crippen LogP contribution in [0, 0.1) is 0 Å². The molecule has 1 atom stereocenters. The lowest BCUT2D eigenvalue weighted by molar-refractivity contribution is 0.130. The van der Waals surface area contributed by atoms with Crippen molar-refractivity contribution in [1.82, 2.24) is 0 Å². The molecule has 0 aliphatic rings. The molecule has 0 aliphatic carbocycles. The summed E-state index contributed by atoms with van der Waals surface area (Å²) < 4.78 is 16.4. The maximum atomic E-state index is 5.31. The van der Waals surface area contributed by atoms with E-state index in [-0.39, 0.29) is 0 Å². The van der Waals surface area contributed by atoms with E-state index in [0.717, 1.165) is 10.5 Å². The van der Waals surface area contributed by atoms with Gasteiger partial charge in [-0.2, -0.15) is 12.6 Å². The minimum atomic E-state index is -2.38. The molecule has 3 nitrogen and oxygen atoms in total. The van der Waals surface area contributed by atoms with Crippen LogP contribution in [0.5, 0.6) is 0 Å². The normalized spacial score (nSPS) is 14.4. The number of thioether (sulfide) groups is 2. The zero-order valence-corrected chi connectivity index (χ0v) is 12.5. The summed E-state index contributed by atoms with van der Waals surface area (Å²) >= 11 is 7.73. The Kier molecular flexibility index (Phi) is 9.00. The highest BCUT2D eigenvalue weighted by Crippen LogP contribution is 2.26. The number of rotatable bonds is 8. The fourth-order valence-corrected chi connectivity index (χ4v) is 6.85. The summed E-state index contributed by atoms with van der Waals surface area (Å²) in [6.07, 6.45) is 0. The van der Waals surface area contributed by atoms with Crippen molar-refractivity contribution < 1.29 is 13.3 Å². The summed E-state index contributed by atoms with van der Waals surface area (Å²) in [7, 11) is 2.52. The van der Waals surface area contributed by atoms with Gasteiger partial charge in [-0.3, -0.25) is 0 Å². The fourth-order valence-electron chi connectivity index (χ4n) is 0.799. The first-order chi connectivity index (χ1) is 6.64. The van der Waals surface area contributed by atoms with Gasteiger partial charge in [-0.05, 0) is 6.92 Å². The van der Waals surface area contributed by atoms with Crippen LogP contribution in [0.4, 0.5) is 0 Å². The molecule has 0 aliphatic heterocycles. The molecular formula is C7H18O3S3Si. The van der Waals surface area contributed by atoms with Gasteiger partial charge in [-0.25, -0.2) is 0 Å². The Hall–Kier alpha value is 1.15. The molecule has 0 rings (SSSR count). The highest BCUT2D eigenvalue weighted by atomic mass is 32.2. The van der Waals surface area contributed by atoms with Gasteiger partial charge in [0.25, 0.3) is 0 Å². The van der Waals surface area contributed by atoms with Crippen molar-refractivity contribution in [3.8, 4) is 0 Å². The Balaban J connectivity index is 3.92. The minimum Gasteiger partial charge on any atom is -0.376 e. The first kappa shape index (κ1) is 15.1. The molecule has 0 fully saturated rings. The van der Waals surface area contributed by atoms with Crippen molar-refractivity contribution in [1.29, 1.82) is 0 Å². The van der Waals surface area contributed by atoms with Gasteiger partial charge >= 0.3 is 8.80 Å². The molecule has 0 aromatic carbocycles. The van der Waals surface area contributed by atoms with E-state index in [9.17, 15) is 0 Å². The molecule has 14 heavy (non-hydrogen) atoms. The molecular weight excluding hydrogens is 256 g/mol. The smallest absolute Gasteiger partial charge is 0.376 e. The second kappa shape index (κ2) is 8.32. The highest BCUT2D eigenvalue weighted by Gasteiger charge is 2.38. The van der Waals surface area contributed by atoms with Crippen LogP contribution in [-0.4, -0.2) is 45.2 Å². The second-order valence-corrected chi connectivity index (χ2v) is 9.63. The topological polar surface area (TPSA) is 27.7 Å². The summed E-state index contributed by atoms with van der Waals surface area (Å²) in [4.78, 5) is 0. The number of hydrogen-bond acceptors (Lipinski definition) is 6. The van der Waals surface area contributed by atoms with Crippen LogP contribution in [-0.2, 0) is 13.3 Å². The molecule has 0 amide bonds. The largest absolute Gasteiger partial charge is 0.510 e. The van der Waals surface area contributed by atoms with E-state index in [4.69, 9.17) is 13.3 Å². The maximum absolute atomic E-state index is 5.31. The third kappa shape index (κ3) is 5.29. The van der Waals surface area contributed by atoms with E-state index >= 15 is 0 Å². The van der Waals surface area contributed by atoms with Crippen LogP contribution in [0.3, 0.4) is 0 Å². The fraction of sp³-hybridized carbons (Fsp3) is 1.00. The molecule has 0 heterocycles. The van der Waals surface area contributed by atoms with Crippen molar-refractivity contribution in [2.24, 2.45) is 0 Å². The average molecular weight is 275 g/mol. The third-order valence-corrected chi connectivity index (χ3v) is 8.04. The lowest BCUT2D eigenvalue weighted by Crippen LogP contribution is -2.46. The van der Waals surface area contributed by atoms with Crippen LogP contribution >= 0.6 is 36.2 Å². The van der Waals surface area contributed by atoms with E-state index in [1.807, 2.05) is 0 Å². The van der Waals surface area contributed by atoms with Gasteiger partial charge in [-0.15, -0.1) is 23.5 Å². The second-order valence-electron chi connectivity index (χ2n) is 2.47. The monoisotopic (exact) mass is 274 g/mol. The van der Waals surface area contributed by atoms with Crippen molar-refractivity contribution >= 4 is 45.0 Å². The molecule has 0 saturated carbocycles. The standard InChI is InChI=1S/C7H18O3S3Si/c1-7(12-5-11)13-6-14(8-2,9-3)10-4/h7,11H,5-6H2,1-4H3. The third-order valence-electron chi connectivity index (χ3n) is 1.74. The van der Waals surface area contributed by atoms with Crippen LogP contribution in [0.25, 0.3) is 0 Å². The van der Waals surface area contributed by atoms with Gasteiger partial charge in [0.2, 0.25) is 0 Å². The van der Waals surface area contributed by atoms with Gasteiger partial charge < -0.3 is 13.3 Å². The van der Waals surface area contributed by atoms with Gasteiger partial charge in [0.05, 0.1) is 5.38 Å². The quantitative estimate of drug-likeness (QED) is 0.416. The van der Waals surface area contributed by atoms with Gasteiger partial charge in [0.15, 0.2) is 0 Å². The SMILES string of the molecule is CO[Si](CSC(C)SCS)(OC)OC. The zero-order valence-electron chi connectivity index (χ0n) is 8.98. The van der Waals surface area contributed by atoms with Crippen LogP contribution in [0.2, 0.25) is 0 Å².